The van der Waals surface area contributed by atoms with Crippen molar-refractivity contribution in [2.45, 2.75) is 6.54 Å². The summed E-state index contributed by atoms with van der Waals surface area (Å²) in [6.07, 6.45) is 1.58. The van der Waals surface area contributed by atoms with Crippen molar-refractivity contribution in [3.63, 3.8) is 0 Å². The molecule has 0 aliphatic carbocycles. The zero-order chi connectivity index (χ0) is 5.82. The third kappa shape index (κ3) is 1.26. The van der Waals surface area contributed by atoms with Crippen molar-refractivity contribution >= 4 is 15.9 Å². The van der Waals surface area contributed by atoms with Crippen molar-refractivity contribution in [1.29, 1.82) is 0 Å². The predicted molar refractivity (Wildman–Crippen MR) is 31.6 cm³/mol. The lowest BCUT2D eigenvalue weighted by Crippen LogP contribution is -1.98. The van der Waals surface area contributed by atoms with Crippen LogP contribution in [0.3, 0.4) is 0 Å². The molecule has 1 aromatic rings. The molecule has 0 radical (unpaired) electrons. The minimum absolute atomic E-state index is 0.826. The van der Waals surface area contributed by atoms with Crippen LogP contribution in [0, 0.1) is 0 Å². The normalized spacial score (nSPS) is 9.62. The highest BCUT2D eigenvalue weighted by molar-refractivity contribution is 9.09. The highest BCUT2D eigenvalue weighted by Crippen LogP contribution is 1.82. The van der Waals surface area contributed by atoms with E-state index in [1.165, 1.54) is 0 Å². The van der Waals surface area contributed by atoms with Crippen molar-refractivity contribution in [2.24, 2.45) is 0 Å². The molecule has 0 aromatic carbocycles. The van der Waals surface area contributed by atoms with Gasteiger partial charge in [-0.3, -0.25) is 0 Å². The van der Waals surface area contributed by atoms with Gasteiger partial charge in [0.2, 0.25) is 0 Å². The van der Waals surface area contributed by atoms with Gasteiger partial charge in [0.05, 0.1) is 6.54 Å². The second-order valence-corrected chi connectivity index (χ2v) is 2.05. The van der Waals surface area contributed by atoms with Gasteiger partial charge < -0.3 is 0 Å². The van der Waals surface area contributed by atoms with Gasteiger partial charge in [0.15, 0.2) is 0 Å². The van der Waals surface area contributed by atoms with E-state index < -0.39 is 0 Å². The molecule has 5 heteroatoms. The summed E-state index contributed by atoms with van der Waals surface area (Å²) in [6, 6.07) is 0. The van der Waals surface area contributed by atoms with E-state index in [2.05, 4.69) is 31.5 Å². The van der Waals surface area contributed by atoms with Gasteiger partial charge in [0.25, 0.3) is 0 Å². The highest BCUT2D eigenvalue weighted by atomic mass is 79.9. The summed E-state index contributed by atoms with van der Waals surface area (Å²) < 4.78 is 1.66. The number of halogens is 1. The Morgan fingerprint density at radius 2 is 2.50 bits per heavy atom. The minimum Gasteiger partial charge on any atom is -0.232 e. The van der Waals surface area contributed by atoms with Crippen molar-refractivity contribution in [2.75, 3.05) is 5.33 Å². The van der Waals surface area contributed by atoms with Gasteiger partial charge in [-0.25, -0.2) is 4.68 Å². The van der Waals surface area contributed by atoms with Crippen LogP contribution < -0.4 is 0 Å². The zero-order valence-corrected chi connectivity index (χ0v) is 5.74. The fraction of sp³-hybridized carbons (Fsp3) is 0.667. The monoisotopic (exact) mass is 176 g/mol. The lowest BCUT2D eigenvalue weighted by Gasteiger charge is -1.88. The first kappa shape index (κ1) is 5.68. The van der Waals surface area contributed by atoms with Crippen molar-refractivity contribution in [3.05, 3.63) is 6.33 Å². The van der Waals surface area contributed by atoms with E-state index in [-0.39, 0.29) is 0 Å². The second-order valence-electron chi connectivity index (χ2n) is 1.26. The van der Waals surface area contributed by atoms with Crippen LogP contribution in [0.4, 0.5) is 0 Å². The summed E-state index contributed by atoms with van der Waals surface area (Å²) in [7, 11) is 0. The molecular formula is C3H5BrN4. The van der Waals surface area contributed by atoms with Crippen molar-refractivity contribution < 1.29 is 0 Å². The number of hydrogen-bond acceptors (Lipinski definition) is 3. The number of hydrogen-bond donors (Lipinski definition) is 0. The van der Waals surface area contributed by atoms with Gasteiger partial charge >= 0.3 is 0 Å². The molecule has 0 unspecified atom stereocenters. The molecule has 1 aromatic heterocycles. The predicted octanol–water partition coefficient (Wildman–Crippen LogP) is 0.0680. The molecular weight excluding hydrogens is 172 g/mol. The number of tetrazole rings is 1. The van der Waals surface area contributed by atoms with E-state index in [0.29, 0.717) is 0 Å². The summed E-state index contributed by atoms with van der Waals surface area (Å²) >= 11 is 3.25. The molecule has 0 atom stereocenters. The largest absolute Gasteiger partial charge is 0.232 e. The first-order valence-electron chi connectivity index (χ1n) is 2.20. The van der Waals surface area contributed by atoms with Crippen molar-refractivity contribution in [3.8, 4) is 0 Å². The van der Waals surface area contributed by atoms with Crippen LogP contribution in [0.1, 0.15) is 0 Å². The first-order valence-corrected chi connectivity index (χ1v) is 3.32. The van der Waals surface area contributed by atoms with Gasteiger partial charge in [-0.15, -0.1) is 5.10 Å². The van der Waals surface area contributed by atoms with Crippen LogP contribution in [0.2, 0.25) is 0 Å². The third-order valence-electron chi connectivity index (χ3n) is 0.705. The Balaban J connectivity index is 2.50. The van der Waals surface area contributed by atoms with Crippen LogP contribution in [0.15, 0.2) is 6.33 Å². The molecule has 0 saturated carbocycles. The number of nitrogens with zero attached hydrogens (tertiary/aromatic N) is 4. The number of aryl methyl sites for hydroxylation is 1. The van der Waals surface area contributed by atoms with Gasteiger partial charge in [-0.1, -0.05) is 15.9 Å². The molecule has 0 aliphatic rings. The molecule has 1 rings (SSSR count). The Kier molecular flexibility index (Phi) is 1.96. The number of rotatable bonds is 2. The van der Waals surface area contributed by atoms with Crippen LogP contribution >= 0.6 is 15.9 Å². The number of aromatic nitrogens is 4. The SMILES string of the molecule is BrCCn1cnnn1. The minimum atomic E-state index is 0.826. The summed E-state index contributed by atoms with van der Waals surface area (Å²) in [5.74, 6) is 0. The summed E-state index contributed by atoms with van der Waals surface area (Å²) in [4.78, 5) is 0. The van der Waals surface area contributed by atoms with Crippen LogP contribution in [0.5, 0.6) is 0 Å². The van der Waals surface area contributed by atoms with Crippen LogP contribution in [-0.4, -0.2) is 25.5 Å². The summed E-state index contributed by atoms with van der Waals surface area (Å²) in [5.41, 5.74) is 0. The standard InChI is InChI=1S/C3H5BrN4/c4-1-2-8-3-5-6-7-8/h3H,1-2H2. The molecule has 0 N–H and O–H groups in total. The fourth-order valence-corrected chi connectivity index (χ4v) is 0.733. The maximum Gasteiger partial charge on any atom is 0.138 e. The molecule has 0 spiro atoms. The molecule has 0 fully saturated rings. The first-order chi connectivity index (χ1) is 3.93. The quantitative estimate of drug-likeness (QED) is 0.600. The zero-order valence-electron chi connectivity index (χ0n) is 4.16. The van der Waals surface area contributed by atoms with E-state index >= 15 is 0 Å². The Morgan fingerprint density at radius 1 is 1.62 bits per heavy atom. The highest BCUT2D eigenvalue weighted by Gasteiger charge is 1.85. The van der Waals surface area contributed by atoms with Gasteiger partial charge in [-0.2, -0.15) is 0 Å². The van der Waals surface area contributed by atoms with Gasteiger partial charge in [0.1, 0.15) is 6.33 Å². The molecule has 4 nitrogen and oxygen atoms in total. The van der Waals surface area contributed by atoms with E-state index in [4.69, 9.17) is 0 Å². The van der Waals surface area contributed by atoms with E-state index in [1.807, 2.05) is 0 Å². The fourth-order valence-electron chi connectivity index (χ4n) is 0.369. The Labute approximate surface area is 55.0 Å². The second kappa shape index (κ2) is 2.76. The molecule has 0 bridgehead atoms. The van der Waals surface area contributed by atoms with Gasteiger partial charge in [0, 0.05) is 5.33 Å². The summed E-state index contributed by atoms with van der Waals surface area (Å²) in [6.45, 7) is 0.826. The Bertz CT molecular complexity index is 137. The topological polar surface area (TPSA) is 43.6 Å². The maximum atomic E-state index is 3.63. The Hall–Kier alpha value is -0.450. The lowest BCUT2D eigenvalue weighted by atomic mass is 10.8. The van der Waals surface area contributed by atoms with E-state index in [1.54, 1.807) is 11.0 Å². The average molecular weight is 177 g/mol. The molecule has 0 aliphatic heterocycles. The average Bonchev–Trinajstić information content (AvgIpc) is 2.19. The Morgan fingerprint density at radius 3 is 3.00 bits per heavy atom. The molecule has 0 amide bonds. The number of alkyl halides is 1. The van der Waals surface area contributed by atoms with Gasteiger partial charge in [-0.05, 0) is 10.4 Å². The third-order valence-corrected chi connectivity index (χ3v) is 1.06. The molecule has 8 heavy (non-hydrogen) atoms. The van der Waals surface area contributed by atoms with Crippen LogP contribution in [0.25, 0.3) is 0 Å². The van der Waals surface area contributed by atoms with Crippen molar-refractivity contribution in [1.82, 2.24) is 20.2 Å². The van der Waals surface area contributed by atoms with Crippen LogP contribution in [-0.2, 0) is 6.54 Å². The van der Waals surface area contributed by atoms with E-state index in [9.17, 15) is 0 Å². The molecule has 44 valence electrons. The lowest BCUT2D eigenvalue weighted by molar-refractivity contribution is 0.633. The molecule has 1 heterocycles. The molecule has 0 saturated heterocycles. The van der Waals surface area contributed by atoms with E-state index in [0.717, 1.165) is 11.9 Å². The summed E-state index contributed by atoms with van der Waals surface area (Å²) in [5, 5.41) is 11.4. The maximum absolute atomic E-state index is 3.63. The smallest absolute Gasteiger partial charge is 0.138 e.